The van der Waals surface area contributed by atoms with Crippen molar-refractivity contribution in [2.45, 2.75) is 26.2 Å². The van der Waals surface area contributed by atoms with E-state index in [0.717, 1.165) is 30.8 Å². The smallest absolute Gasteiger partial charge is 0.143 e. The van der Waals surface area contributed by atoms with Crippen molar-refractivity contribution in [2.24, 2.45) is 5.84 Å². The third kappa shape index (κ3) is 3.28. The van der Waals surface area contributed by atoms with Crippen LogP contribution in [0.5, 0.6) is 0 Å². The van der Waals surface area contributed by atoms with Gasteiger partial charge < -0.3 is 5.43 Å². The molecule has 0 aliphatic carbocycles. The first-order valence-electron chi connectivity index (χ1n) is 6.19. The highest BCUT2D eigenvalue weighted by Crippen LogP contribution is 2.11. The highest BCUT2D eigenvalue weighted by Gasteiger charge is 2.04. The maximum absolute atomic E-state index is 5.44. The third-order valence-electron chi connectivity index (χ3n) is 2.68. The van der Waals surface area contributed by atoms with Crippen LogP contribution in [0.2, 0.25) is 0 Å². The largest absolute Gasteiger partial charge is 0.308 e. The number of rotatable bonds is 5. The van der Waals surface area contributed by atoms with Crippen LogP contribution >= 0.6 is 0 Å². The molecule has 1 aromatic heterocycles. The Morgan fingerprint density at radius 2 is 1.94 bits per heavy atom. The minimum absolute atomic E-state index is 0.680. The molecule has 4 heteroatoms. The van der Waals surface area contributed by atoms with Gasteiger partial charge in [0.15, 0.2) is 0 Å². The van der Waals surface area contributed by atoms with Crippen LogP contribution < -0.4 is 11.3 Å². The highest BCUT2D eigenvalue weighted by atomic mass is 15.3. The molecule has 0 spiro atoms. The minimum Gasteiger partial charge on any atom is -0.308 e. The van der Waals surface area contributed by atoms with Gasteiger partial charge in [-0.15, -0.1) is 0 Å². The first kappa shape index (κ1) is 12.5. The fraction of sp³-hybridized carbons (Fsp3) is 0.286. The zero-order valence-corrected chi connectivity index (χ0v) is 10.6. The molecule has 0 fully saturated rings. The molecule has 18 heavy (non-hydrogen) atoms. The summed E-state index contributed by atoms with van der Waals surface area (Å²) in [5.41, 5.74) is 4.84. The average Bonchev–Trinajstić information content (AvgIpc) is 2.40. The van der Waals surface area contributed by atoms with Crippen LogP contribution in [0.25, 0.3) is 0 Å². The van der Waals surface area contributed by atoms with Crippen molar-refractivity contribution in [3.05, 3.63) is 53.5 Å². The van der Waals surface area contributed by atoms with Crippen LogP contribution in [-0.2, 0) is 12.8 Å². The van der Waals surface area contributed by atoms with E-state index in [9.17, 15) is 0 Å². The predicted octanol–water partition coefficient (Wildman–Crippen LogP) is 2.31. The lowest BCUT2D eigenvalue weighted by molar-refractivity contribution is 0.842. The SMILES string of the molecule is CCCc1cc(NN)nc(Cc2ccccc2)n1. The van der Waals surface area contributed by atoms with Crippen molar-refractivity contribution in [1.29, 1.82) is 0 Å². The number of hydrazine groups is 1. The van der Waals surface area contributed by atoms with Gasteiger partial charge >= 0.3 is 0 Å². The molecule has 0 saturated carbocycles. The Balaban J connectivity index is 2.24. The summed E-state index contributed by atoms with van der Waals surface area (Å²) in [6, 6.07) is 12.1. The Bertz CT molecular complexity index is 496. The van der Waals surface area contributed by atoms with Crippen LogP contribution in [0, 0.1) is 0 Å². The van der Waals surface area contributed by atoms with E-state index in [4.69, 9.17) is 5.84 Å². The molecule has 0 saturated heterocycles. The second kappa shape index (κ2) is 6.12. The first-order valence-corrected chi connectivity index (χ1v) is 6.19. The van der Waals surface area contributed by atoms with E-state index < -0.39 is 0 Å². The number of benzene rings is 1. The fourth-order valence-electron chi connectivity index (χ4n) is 1.87. The monoisotopic (exact) mass is 242 g/mol. The van der Waals surface area contributed by atoms with Gasteiger partial charge in [0.25, 0.3) is 0 Å². The van der Waals surface area contributed by atoms with Crippen LogP contribution in [0.15, 0.2) is 36.4 Å². The van der Waals surface area contributed by atoms with Crippen molar-refractivity contribution in [2.75, 3.05) is 5.43 Å². The number of anilines is 1. The summed E-state index contributed by atoms with van der Waals surface area (Å²) in [6.45, 7) is 2.13. The Labute approximate surface area is 107 Å². The van der Waals surface area contributed by atoms with Crippen molar-refractivity contribution >= 4 is 5.82 Å². The number of nitrogens with two attached hydrogens (primary N) is 1. The maximum atomic E-state index is 5.44. The zero-order valence-electron chi connectivity index (χ0n) is 10.6. The highest BCUT2D eigenvalue weighted by molar-refractivity contribution is 5.35. The number of hydrogen-bond donors (Lipinski definition) is 2. The molecular weight excluding hydrogens is 224 g/mol. The Morgan fingerprint density at radius 3 is 2.61 bits per heavy atom. The summed E-state index contributed by atoms with van der Waals surface area (Å²) < 4.78 is 0. The summed E-state index contributed by atoms with van der Waals surface area (Å²) in [6.07, 6.45) is 2.73. The molecule has 1 aromatic carbocycles. The number of nitrogen functional groups attached to an aromatic ring is 1. The average molecular weight is 242 g/mol. The van der Waals surface area contributed by atoms with E-state index in [-0.39, 0.29) is 0 Å². The molecule has 3 N–H and O–H groups in total. The molecule has 2 rings (SSSR count). The second-order valence-corrected chi connectivity index (χ2v) is 4.22. The Hall–Kier alpha value is -1.94. The minimum atomic E-state index is 0.680. The lowest BCUT2D eigenvalue weighted by atomic mass is 10.1. The van der Waals surface area contributed by atoms with Crippen molar-refractivity contribution in [1.82, 2.24) is 9.97 Å². The molecular formula is C14H18N4. The second-order valence-electron chi connectivity index (χ2n) is 4.22. The number of aromatic nitrogens is 2. The quantitative estimate of drug-likeness (QED) is 0.624. The normalized spacial score (nSPS) is 10.3. The van der Waals surface area contributed by atoms with Gasteiger partial charge in [-0.1, -0.05) is 43.7 Å². The number of nitrogens with one attached hydrogen (secondary N) is 1. The topological polar surface area (TPSA) is 63.8 Å². The molecule has 0 unspecified atom stereocenters. The van der Waals surface area contributed by atoms with Gasteiger partial charge in [0.2, 0.25) is 0 Å². The molecule has 1 heterocycles. The van der Waals surface area contributed by atoms with Crippen molar-refractivity contribution in [3.8, 4) is 0 Å². The summed E-state index contributed by atoms with van der Waals surface area (Å²) in [4.78, 5) is 8.94. The van der Waals surface area contributed by atoms with Crippen LogP contribution in [0.4, 0.5) is 5.82 Å². The number of nitrogens with zero attached hydrogens (tertiary/aromatic N) is 2. The molecule has 0 aliphatic heterocycles. The molecule has 0 radical (unpaired) electrons. The number of aryl methyl sites for hydroxylation is 1. The molecule has 0 atom stereocenters. The van der Waals surface area contributed by atoms with Crippen LogP contribution in [0.3, 0.4) is 0 Å². The summed E-state index contributed by atoms with van der Waals surface area (Å²) in [7, 11) is 0. The number of hydrogen-bond acceptors (Lipinski definition) is 4. The van der Waals surface area contributed by atoms with Crippen LogP contribution in [-0.4, -0.2) is 9.97 Å². The van der Waals surface area contributed by atoms with Gasteiger partial charge in [-0.3, -0.25) is 0 Å². The molecule has 2 aromatic rings. The van der Waals surface area contributed by atoms with E-state index in [1.54, 1.807) is 0 Å². The third-order valence-corrected chi connectivity index (χ3v) is 2.68. The Morgan fingerprint density at radius 1 is 1.17 bits per heavy atom. The molecule has 94 valence electrons. The molecule has 0 bridgehead atoms. The van der Waals surface area contributed by atoms with E-state index in [1.807, 2.05) is 24.3 Å². The van der Waals surface area contributed by atoms with Gasteiger partial charge in [0, 0.05) is 18.2 Å². The van der Waals surface area contributed by atoms with Gasteiger partial charge in [-0.2, -0.15) is 0 Å². The van der Waals surface area contributed by atoms with Gasteiger partial charge in [-0.05, 0) is 12.0 Å². The van der Waals surface area contributed by atoms with E-state index in [0.29, 0.717) is 5.82 Å². The molecule has 4 nitrogen and oxygen atoms in total. The van der Waals surface area contributed by atoms with Crippen molar-refractivity contribution in [3.63, 3.8) is 0 Å². The van der Waals surface area contributed by atoms with Gasteiger partial charge in [0.1, 0.15) is 11.6 Å². The van der Waals surface area contributed by atoms with Crippen LogP contribution in [0.1, 0.15) is 30.4 Å². The first-order chi connectivity index (χ1) is 8.81. The van der Waals surface area contributed by atoms with Gasteiger partial charge in [0.05, 0.1) is 0 Å². The van der Waals surface area contributed by atoms with E-state index in [2.05, 4.69) is 34.5 Å². The fourth-order valence-corrected chi connectivity index (χ4v) is 1.87. The maximum Gasteiger partial charge on any atom is 0.143 e. The Kier molecular flexibility index (Phi) is 4.25. The molecule has 0 aliphatic rings. The van der Waals surface area contributed by atoms with E-state index in [1.165, 1.54) is 5.56 Å². The van der Waals surface area contributed by atoms with Gasteiger partial charge in [-0.25, -0.2) is 15.8 Å². The zero-order chi connectivity index (χ0) is 12.8. The predicted molar refractivity (Wildman–Crippen MR) is 73.1 cm³/mol. The molecule has 0 amide bonds. The lowest BCUT2D eigenvalue weighted by Crippen LogP contribution is -2.12. The lowest BCUT2D eigenvalue weighted by Gasteiger charge is -2.07. The summed E-state index contributed by atoms with van der Waals surface area (Å²) in [5.74, 6) is 6.92. The summed E-state index contributed by atoms with van der Waals surface area (Å²) in [5, 5.41) is 0. The van der Waals surface area contributed by atoms with Crippen molar-refractivity contribution < 1.29 is 0 Å². The summed E-state index contributed by atoms with van der Waals surface area (Å²) >= 11 is 0. The van der Waals surface area contributed by atoms with E-state index >= 15 is 0 Å². The standard InChI is InChI=1S/C14H18N4/c1-2-6-12-10-14(18-15)17-13(16-12)9-11-7-4-3-5-8-11/h3-5,7-8,10H,2,6,9,15H2,1H3,(H,16,17,18).